The van der Waals surface area contributed by atoms with Crippen molar-refractivity contribution in [3.8, 4) is 11.8 Å². The molecule has 3 N–H and O–H groups in total. The van der Waals surface area contributed by atoms with E-state index in [1.54, 1.807) is 72.2 Å². The molecule has 11 nitrogen and oxygen atoms in total. The fourth-order valence-corrected chi connectivity index (χ4v) is 7.55. The number of hydrogen-bond donors (Lipinski definition) is 3. The van der Waals surface area contributed by atoms with E-state index >= 15 is 0 Å². The van der Waals surface area contributed by atoms with Gasteiger partial charge in [-0.05, 0) is 85.3 Å². The second-order valence-corrected chi connectivity index (χ2v) is 16.1. The van der Waals surface area contributed by atoms with Crippen LogP contribution in [0.4, 0.5) is 11.4 Å². The average molecular weight is 808 g/mol. The smallest absolute Gasteiger partial charge is 0.250 e. The quantitative estimate of drug-likeness (QED) is 0.126. The van der Waals surface area contributed by atoms with Crippen LogP contribution >= 0.6 is 0 Å². The topological polar surface area (TPSA) is 145 Å². The first-order valence-electron chi connectivity index (χ1n) is 20.8. The van der Waals surface area contributed by atoms with E-state index in [1.165, 1.54) is 0 Å². The molecule has 2 fully saturated rings. The normalized spacial score (nSPS) is 17.0. The maximum atomic E-state index is 13.9. The minimum absolute atomic E-state index is 0.00730. The first kappa shape index (κ1) is 43.0. The summed E-state index contributed by atoms with van der Waals surface area (Å²) in [7, 11) is 0. The monoisotopic (exact) mass is 807 g/mol. The number of anilines is 2. The molecule has 6 rings (SSSR count). The van der Waals surface area contributed by atoms with Gasteiger partial charge in [0.25, 0.3) is 0 Å². The van der Waals surface area contributed by atoms with Crippen molar-refractivity contribution in [1.29, 1.82) is 0 Å². The number of ketones is 1. The average Bonchev–Trinajstić information content (AvgIpc) is 3.96. The molecule has 4 aromatic rings. The van der Waals surface area contributed by atoms with E-state index in [0.29, 0.717) is 55.7 Å². The molecule has 310 valence electrons. The summed E-state index contributed by atoms with van der Waals surface area (Å²) in [5, 5.41) is 8.78. The first-order chi connectivity index (χ1) is 28.9. The Labute approximate surface area is 352 Å². The van der Waals surface area contributed by atoms with Crippen LogP contribution in [0.5, 0.6) is 0 Å². The Morgan fingerprint density at radius 3 is 1.48 bits per heavy atom. The van der Waals surface area contributed by atoms with Gasteiger partial charge in [0.15, 0.2) is 0 Å². The lowest BCUT2D eigenvalue weighted by Crippen LogP contribution is -2.49. The molecule has 4 aromatic carbocycles. The molecule has 4 atom stereocenters. The van der Waals surface area contributed by atoms with Gasteiger partial charge in [-0.25, -0.2) is 0 Å². The van der Waals surface area contributed by atoms with Gasteiger partial charge in [-0.15, -0.1) is 0 Å². The van der Waals surface area contributed by atoms with Crippen LogP contribution in [0.15, 0.2) is 109 Å². The number of amides is 5. The number of likely N-dealkylation sites (tertiary alicyclic amines) is 2. The van der Waals surface area contributed by atoms with Crippen LogP contribution < -0.4 is 16.0 Å². The van der Waals surface area contributed by atoms with Crippen LogP contribution in [0, 0.1) is 23.7 Å². The van der Waals surface area contributed by atoms with E-state index in [4.69, 9.17) is 0 Å². The number of carbonyl (C=O) groups is 6. The largest absolute Gasteiger partial charge is 0.340 e. The lowest BCUT2D eigenvalue weighted by molar-refractivity contribution is -0.140. The van der Waals surface area contributed by atoms with Gasteiger partial charge in [0.2, 0.25) is 29.5 Å². The number of benzene rings is 4. The Kier molecular flexibility index (Phi) is 14.3. The van der Waals surface area contributed by atoms with Crippen molar-refractivity contribution in [2.24, 2.45) is 11.8 Å². The van der Waals surface area contributed by atoms with Crippen molar-refractivity contribution in [2.75, 3.05) is 23.7 Å². The highest BCUT2D eigenvalue weighted by molar-refractivity contribution is 6.00. The molecular formula is C49H53N5O6. The third-order valence-electron chi connectivity index (χ3n) is 11.1. The minimum Gasteiger partial charge on any atom is -0.340 e. The Balaban J connectivity index is 1.04. The van der Waals surface area contributed by atoms with Crippen LogP contribution in [0.2, 0.25) is 0 Å². The predicted molar refractivity (Wildman–Crippen MR) is 231 cm³/mol. The van der Waals surface area contributed by atoms with Crippen molar-refractivity contribution in [1.82, 2.24) is 15.1 Å². The number of Topliss-reactive ketones (excluding diaryl/α,β-unsaturated/α-hetero) is 1. The van der Waals surface area contributed by atoms with Crippen LogP contribution in [0.3, 0.4) is 0 Å². The Morgan fingerprint density at radius 2 is 1.03 bits per heavy atom. The fourth-order valence-electron chi connectivity index (χ4n) is 7.55. The van der Waals surface area contributed by atoms with Crippen LogP contribution in [0.1, 0.15) is 94.0 Å². The highest BCUT2D eigenvalue weighted by Gasteiger charge is 2.40. The van der Waals surface area contributed by atoms with Gasteiger partial charge in [0, 0.05) is 53.8 Å². The zero-order chi connectivity index (χ0) is 42.8. The molecular weight excluding hydrogens is 755 g/mol. The molecule has 0 aliphatic carbocycles. The van der Waals surface area contributed by atoms with Crippen molar-refractivity contribution in [2.45, 2.75) is 83.8 Å². The van der Waals surface area contributed by atoms with Gasteiger partial charge in [0.05, 0.1) is 5.92 Å². The van der Waals surface area contributed by atoms with Crippen LogP contribution in [0.25, 0.3) is 0 Å². The summed E-state index contributed by atoms with van der Waals surface area (Å²) in [6.07, 6.45) is 2.51. The third kappa shape index (κ3) is 10.7. The lowest BCUT2D eigenvalue weighted by Gasteiger charge is -2.29. The predicted octanol–water partition coefficient (Wildman–Crippen LogP) is 6.86. The molecule has 2 aliphatic rings. The van der Waals surface area contributed by atoms with E-state index in [2.05, 4.69) is 27.8 Å². The molecule has 5 amide bonds. The zero-order valence-electron chi connectivity index (χ0n) is 34.7. The Hall–Kier alpha value is -6.54. The third-order valence-corrected chi connectivity index (χ3v) is 11.1. The summed E-state index contributed by atoms with van der Waals surface area (Å²) >= 11 is 0. The maximum Gasteiger partial charge on any atom is 0.250 e. The Bertz CT molecular complexity index is 2070. The van der Waals surface area contributed by atoms with Crippen LogP contribution in [-0.4, -0.2) is 70.3 Å². The van der Waals surface area contributed by atoms with Gasteiger partial charge in [-0.2, -0.15) is 0 Å². The van der Waals surface area contributed by atoms with E-state index in [0.717, 1.165) is 16.7 Å². The Morgan fingerprint density at radius 1 is 0.583 bits per heavy atom. The standard InChI is InChI=1S/C49H53N5O6/c1-32(2)43(55)31-40(36-13-7-5-8-14-36)48(59)53-29-11-17-41(53)46(57)50-38-25-21-34(22-26-38)19-20-35-23-27-39(28-24-35)51-47(58)42-18-12-30-54(42)49(60)44(52-45(56)33(3)4)37-15-9-6-10-16-37/h5-10,13-16,21-28,32-33,40-42,44H,11-12,17-18,29-31H2,1-4H3,(H,50,57)(H,51,58)(H,52,56)/t40-,41+,42+,44-/m1/s1. The molecule has 60 heavy (non-hydrogen) atoms. The highest BCUT2D eigenvalue weighted by atomic mass is 16.2. The number of hydrogen-bond acceptors (Lipinski definition) is 6. The molecule has 2 heterocycles. The summed E-state index contributed by atoms with van der Waals surface area (Å²) in [5.74, 6) is 3.80. The number of rotatable bonds is 13. The van der Waals surface area contributed by atoms with Crippen molar-refractivity contribution >= 4 is 46.7 Å². The number of nitrogens with zero attached hydrogens (tertiary/aromatic N) is 2. The maximum absolute atomic E-state index is 13.9. The molecule has 2 saturated heterocycles. The highest BCUT2D eigenvalue weighted by Crippen LogP contribution is 2.30. The fraction of sp³-hybridized carbons (Fsp3) is 0.347. The minimum atomic E-state index is -0.894. The molecule has 0 unspecified atom stereocenters. The second-order valence-electron chi connectivity index (χ2n) is 16.1. The summed E-state index contributed by atoms with van der Waals surface area (Å²) < 4.78 is 0. The number of carbonyl (C=O) groups excluding carboxylic acids is 6. The lowest BCUT2D eigenvalue weighted by atomic mass is 9.89. The molecule has 11 heteroatoms. The van der Waals surface area contributed by atoms with E-state index in [9.17, 15) is 28.8 Å². The van der Waals surface area contributed by atoms with Crippen molar-refractivity contribution < 1.29 is 28.8 Å². The van der Waals surface area contributed by atoms with Gasteiger partial charge in [-0.3, -0.25) is 28.8 Å². The summed E-state index contributed by atoms with van der Waals surface area (Å²) in [6.45, 7) is 8.07. The summed E-state index contributed by atoms with van der Waals surface area (Å²) in [4.78, 5) is 83.3. The molecule has 0 radical (unpaired) electrons. The van der Waals surface area contributed by atoms with Gasteiger partial charge in [-0.1, -0.05) is 100 Å². The van der Waals surface area contributed by atoms with Gasteiger partial charge in [0.1, 0.15) is 23.9 Å². The van der Waals surface area contributed by atoms with E-state index < -0.39 is 24.0 Å². The van der Waals surface area contributed by atoms with E-state index in [-0.39, 0.29) is 53.6 Å². The summed E-state index contributed by atoms with van der Waals surface area (Å²) in [5.41, 5.74) is 4.04. The van der Waals surface area contributed by atoms with Crippen LogP contribution in [-0.2, 0) is 28.8 Å². The SMILES string of the molecule is CC(C)C(=O)C[C@@H](C(=O)N1CCC[C@H]1C(=O)Nc1ccc(C#Cc2ccc(NC(=O)[C@@H]3CCCN3C(=O)[C@H](NC(=O)C(C)C)c3ccccc3)cc2)cc1)c1ccccc1. The van der Waals surface area contributed by atoms with Gasteiger partial charge < -0.3 is 25.8 Å². The summed E-state index contributed by atoms with van der Waals surface area (Å²) in [6, 6.07) is 30.5. The first-order valence-corrected chi connectivity index (χ1v) is 20.8. The molecule has 0 spiro atoms. The molecule has 0 saturated carbocycles. The van der Waals surface area contributed by atoms with E-state index in [1.807, 2.05) is 74.5 Å². The molecule has 0 aromatic heterocycles. The molecule has 2 aliphatic heterocycles. The van der Waals surface area contributed by atoms with Crippen molar-refractivity contribution in [3.63, 3.8) is 0 Å². The van der Waals surface area contributed by atoms with Gasteiger partial charge >= 0.3 is 0 Å². The van der Waals surface area contributed by atoms with Crippen molar-refractivity contribution in [3.05, 3.63) is 131 Å². The molecule has 0 bridgehead atoms. The zero-order valence-corrected chi connectivity index (χ0v) is 34.7. The second kappa shape index (κ2) is 19.9. The number of nitrogens with one attached hydrogen (secondary N) is 3.